The normalized spacial score (nSPS) is 10.4. The molecule has 2 aromatic rings. The summed E-state index contributed by atoms with van der Waals surface area (Å²) in [7, 11) is 1.52. The van der Waals surface area contributed by atoms with Crippen LogP contribution in [0.5, 0.6) is 5.75 Å². The summed E-state index contributed by atoms with van der Waals surface area (Å²) in [6.07, 6.45) is 0. The summed E-state index contributed by atoms with van der Waals surface area (Å²) in [5.74, 6) is 0.0824. The summed E-state index contributed by atoms with van der Waals surface area (Å²) in [6.45, 7) is 0. The highest BCUT2D eigenvalue weighted by Crippen LogP contribution is 2.38. The lowest BCUT2D eigenvalue weighted by Crippen LogP contribution is -1.95. The highest BCUT2D eigenvalue weighted by Gasteiger charge is 2.13. The van der Waals surface area contributed by atoms with Crippen LogP contribution in [0.25, 0.3) is 11.1 Å². The van der Waals surface area contributed by atoms with Gasteiger partial charge >= 0.3 is 0 Å². The van der Waals surface area contributed by atoms with E-state index in [-0.39, 0.29) is 5.02 Å². The van der Waals surface area contributed by atoms with Crippen LogP contribution in [0, 0.1) is 5.82 Å². The summed E-state index contributed by atoms with van der Waals surface area (Å²) in [4.78, 5) is 0. The molecule has 5 heteroatoms. The van der Waals surface area contributed by atoms with Crippen molar-refractivity contribution < 1.29 is 9.13 Å². The largest absolute Gasteiger partial charge is 0.496 e. The van der Waals surface area contributed by atoms with Gasteiger partial charge in [-0.1, -0.05) is 23.2 Å². The lowest BCUT2D eigenvalue weighted by molar-refractivity contribution is 0.416. The number of nitrogens with two attached hydrogens (primary N) is 1. The Kier molecular flexibility index (Phi) is 3.64. The summed E-state index contributed by atoms with van der Waals surface area (Å²) < 4.78 is 18.6. The number of rotatable bonds is 2. The molecule has 0 bridgehead atoms. The van der Waals surface area contributed by atoms with Crippen molar-refractivity contribution in [2.24, 2.45) is 0 Å². The minimum Gasteiger partial charge on any atom is -0.496 e. The molecule has 2 rings (SSSR count). The Balaban J connectivity index is 2.72. The number of benzene rings is 2. The average molecular weight is 286 g/mol. The van der Waals surface area contributed by atoms with Gasteiger partial charge in [-0.05, 0) is 30.3 Å². The van der Waals surface area contributed by atoms with Gasteiger partial charge in [0.25, 0.3) is 0 Å². The SMILES string of the molecule is COc1ccc(Cl)cc1-c1cc(F)cc(Cl)c1N. The Hall–Kier alpha value is -1.45. The number of halogens is 3. The third kappa shape index (κ3) is 2.37. The molecular weight excluding hydrogens is 276 g/mol. The van der Waals surface area contributed by atoms with Gasteiger partial charge in [0.1, 0.15) is 11.6 Å². The van der Waals surface area contributed by atoms with Gasteiger partial charge in [0.2, 0.25) is 0 Å². The molecule has 0 spiro atoms. The average Bonchev–Trinajstić information content (AvgIpc) is 2.33. The molecule has 0 unspecified atom stereocenters. The van der Waals surface area contributed by atoms with Crippen molar-refractivity contribution in [3.05, 3.63) is 46.2 Å². The fourth-order valence-electron chi connectivity index (χ4n) is 1.70. The maximum Gasteiger partial charge on any atom is 0.126 e. The van der Waals surface area contributed by atoms with E-state index in [0.29, 0.717) is 27.6 Å². The van der Waals surface area contributed by atoms with E-state index < -0.39 is 5.82 Å². The topological polar surface area (TPSA) is 35.2 Å². The highest BCUT2D eigenvalue weighted by molar-refractivity contribution is 6.34. The Morgan fingerprint density at radius 2 is 1.83 bits per heavy atom. The van der Waals surface area contributed by atoms with Gasteiger partial charge in [-0.3, -0.25) is 0 Å². The van der Waals surface area contributed by atoms with E-state index in [0.717, 1.165) is 6.07 Å². The predicted molar refractivity (Wildman–Crippen MR) is 72.8 cm³/mol. The van der Waals surface area contributed by atoms with E-state index in [4.69, 9.17) is 33.7 Å². The molecule has 0 saturated heterocycles. The Morgan fingerprint density at radius 3 is 2.50 bits per heavy atom. The van der Waals surface area contributed by atoms with E-state index >= 15 is 0 Å². The van der Waals surface area contributed by atoms with Gasteiger partial charge in [0, 0.05) is 16.1 Å². The minimum absolute atomic E-state index is 0.159. The number of hydrogen-bond donors (Lipinski definition) is 1. The maximum absolute atomic E-state index is 13.4. The van der Waals surface area contributed by atoms with Crippen molar-refractivity contribution in [1.29, 1.82) is 0 Å². The Bertz CT molecular complexity index is 602. The summed E-state index contributed by atoms with van der Waals surface area (Å²) in [5.41, 5.74) is 7.21. The van der Waals surface area contributed by atoms with Gasteiger partial charge in [-0.2, -0.15) is 0 Å². The summed E-state index contributed by atoms with van der Waals surface area (Å²) in [5, 5.41) is 0.664. The molecule has 2 nitrogen and oxygen atoms in total. The molecule has 0 aliphatic rings. The van der Waals surface area contributed by atoms with E-state index in [1.54, 1.807) is 18.2 Å². The number of methoxy groups -OCH3 is 1. The number of ether oxygens (including phenoxy) is 1. The smallest absolute Gasteiger partial charge is 0.126 e. The molecule has 2 aromatic carbocycles. The van der Waals surface area contributed by atoms with Crippen molar-refractivity contribution in [3.63, 3.8) is 0 Å². The molecule has 0 heterocycles. The number of anilines is 1. The molecule has 0 aliphatic heterocycles. The van der Waals surface area contributed by atoms with Crippen LogP contribution in [0.3, 0.4) is 0 Å². The Labute approximate surface area is 114 Å². The van der Waals surface area contributed by atoms with Gasteiger partial charge in [0.15, 0.2) is 0 Å². The molecule has 0 aliphatic carbocycles. The molecule has 0 atom stereocenters. The lowest BCUT2D eigenvalue weighted by atomic mass is 10.0. The second-order valence-corrected chi connectivity index (χ2v) is 4.54. The summed E-state index contributed by atoms with van der Waals surface area (Å²) >= 11 is 11.8. The van der Waals surface area contributed by atoms with Crippen LogP contribution in [0.2, 0.25) is 10.0 Å². The van der Waals surface area contributed by atoms with E-state index in [1.165, 1.54) is 13.2 Å². The molecule has 18 heavy (non-hydrogen) atoms. The van der Waals surface area contributed by atoms with Crippen molar-refractivity contribution in [3.8, 4) is 16.9 Å². The first-order valence-corrected chi connectivity index (χ1v) is 5.87. The van der Waals surface area contributed by atoms with Crippen LogP contribution in [0.1, 0.15) is 0 Å². The highest BCUT2D eigenvalue weighted by atomic mass is 35.5. The van der Waals surface area contributed by atoms with Crippen molar-refractivity contribution in [1.82, 2.24) is 0 Å². The third-order valence-corrected chi connectivity index (χ3v) is 3.09. The van der Waals surface area contributed by atoms with Crippen molar-refractivity contribution >= 4 is 28.9 Å². The van der Waals surface area contributed by atoms with E-state index in [1.807, 2.05) is 0 Å². The van der Waals surface area contributed by atoms with Gasteiger partial charge in [-0.15, -0.1) is 0 Å². The Morgan fingerprint density at radius 1 is 1.11 bits per heavy atom. The van der Waals surface area contributed by atoms with Crippen LogP contribution in [-0.2, 0) is 0 Å². The molecule has 0 amide bonds. The van der Waals surface area contributed by atoms with Crippen LogP contribution < -0.4 is 10.5 Å². The van der Waals surface area contributed by atoms with Crippen LogP contribution >= 0.6 is 23.2 Å². The van der Waals surface area contributed by atoms with Gasteiger partial charge in [0.05, 0.1) is 17.8 Å². The van der Waals surface area contributed by atoms with Crippen LogP contribution in [-0.4, -0.2) is 7.11 Å². The molecule has 94 valence electrons. The zero-order chi connectivity index (χ0) is 13.3. The van der Waals surface area contributed by atoms with Crippen molar-refractivity contribution in [2.75, 3.05) is 12.8 Å². The quantitative estimate of drug-likeness (QED) is 0.831. The lowest BCUT2D eigenvalue weighted by Gasteiger charge is -2.12. The van der Waals surface area contributed by atoms with Crippen molar-refractivity contribution in [2.45, 2.75) is 0 Å². The first-order valence-electron chi connectivity index (χ1n) is 5.11. The monoisotopic (exact) mass is 285 g/mol. The second kappa shape index (κ2) is 5.04. The zero-order valence-corrected chi connectivity index (χ0v) is 11.0. The number of nitrogen functional groups attached to an aromatic ring is 1. The third-order valence-electron chi connectivity index (χ3n) is 2.55. The fraction of sp³-hybridized carbons (Fsp3) is 0.0769. The first kappa shape index (κ1) is 13.0. The maximum atomic E-state index is 13.4. The van der Waals surface area contributed by atoms with E-state index in [2.05, 4.69) is 0 Å². The standard InChI is InChI=1S/C13H10Cl2FNO/c1-18-12-3-2-7(14)4-9(12)10-5-8(16)6-11(15)13(10)17/h2-6H,17H2,1H3. The molecule has 2 N–H and O–H groups in total. The first-order chi connectivity index (χ1) is 8.52. The second-order valence-electron chi connectivity index (χ2n) is 3.69. The molecule has 0 saturated carbocycles. The molecule has 0 radical (unpaired) electrons. The predicted octanol–water partition coefficient (Wildman–Crippen LogP) is 4.39. The number of hydrogen-bond acceptors (Lipinski definition) is 2. The van der Waals surface area contributed by atoms with Crippen LogP contribution in [0.15, 0.2) is 30.3 Å². The van der Waals surface area contributed by atoms with Gasteiger partial charge in [-0.25, -0.2) is 4.39 Å². The summed E-state index contributed by atoms with van der Waals surface area (Å²) in [6, 6.07) is 7.49. The molecular formula is C13H10Cl2FNO. The zero-order valence-electron chi connectivity index (χ0n) is 9.51. The minimum atomic E-state index is -0.466. The van der Waals surface area contributed by atoms with Gasteiger partial charge < -0.3 is 10.5 Å². The fourth-order valence-corrected chi connectivity index (χ4v) is 2.08. The molecule has 0 aromatic heterocycles. The van der Waals surface area contributed by atoms with E-state index in [9.17, 15) is 4.39 Å². The van der Waals surface area contributed by atoms with Crippen LogP contribution in [0.4, 0.5) is 10.1 Å². The molecule has 0 fully saturated rings.